The Labute approximate surface area is 117 Å². The Hall–Kier alpha value is -0.860. The Kier molecular flexibility index (Phi) is 3.64. The van der Waals surface area contributed by atoms with Crippen molar-refractivity contribution in [1.82, 2.24) is 10.2 Å². The van der Waals surface area contributed by atoms with Crippen LogP contribution in [0.25, 0.3) is 0 Å². The van der Waals surface area contributed by atoms with Gasteiger partial charge in [0, 0.05) is 31.7 Å². The van der Waals surface area contributed by atoms with Crippen LogP contribution in [0, 0.1) is 20.8 Å². The molecule has 3 rings (SSSR count). The van der Waals surface area contributed by atoms with Gasteiger partial charge in [-0.05, 0) is 62.3 Å². The third-order valence-electron chi connectivity index (χ3n) is 4.95. The number of nitrogens with zero attached hydrogens (tertiary/aromatic N) is 1. The van der Waals surface area contributed by atoms with Crippen molar-refractivity contribution in [3.05, 3.63) is 34.4 Å². The molecule has 19 heavy (non-hydrogen) atoms. The van der Waals surface area contributed by atoms with Crippen molar-refractivity contribution < 1.29 is 0 Å². The summed E-state index contributed by atoms with van der Waals surface area (Å²) < 4.78 is 0. The molecular weight excluding hydrogens is 232 g/mol. The number of rotatable bonds is 2. The lowest BCUT2D eigenvalue weighted by molar-refractivity contribution is 0.250. The number of benzene rings is 1. The van der Waals surface area contributed by atoms with Crippen molar-refractivity contribution in [1.29, 1.82) is 0 Å². The molecule has 2 heterocycles. The number of hydrogen-bond acceptors (Lipinski definition) is 2. The smallest absolute Gasteiger partial charge is 0.0237 e. The largest absolute Gasteiger partial charge is 0.310 e. The molecule has 0 aliphatic carbocycles. The first-order valence-corrected chi connectivity index (χ1v) is 7.67. The van der Waals surface area contributed by atoms with E-state index in [1.54, 1.807) is 0 Å². The monoisotopic (exact) mass is 258 g/mol. The van der Waals surface area contributed by atoms with Gasteiger partial charge in [0.05, 0.1) is 0 Å². The fraction of sp³-hybridized carbons (Fsp3) is 0.647. The lowest BCUT2D eigenvalue weighted by Gasteiger charge is -2.25. The third kappa shape index (κ3) is 2.85. The summed E-state index contributed by atoms with van der Waals surface area (Å²) in [4.78, 5) is 2.65. The predicted molar refractivity (Wildman–Crippen MR) is 80.5 cm³/mol. The summed E-state index contributed by atoms with van der Waals surface area (Å²) in [5.74, 6) is 0. The molecule has 2 fully saturated rings. The maximum absolute atomic E-state index is 3.76. The maximum atomic E-state index is 3.76. The van der Waals surface area contributed by atoms with Gasteiger partial charge in [0.25, 0.3) is 0 Å². The van der Waals surface area contributed by atoms with E-state index in [1.165, 1.54) is 54.6 Å². The van der Waals surface area contributed by atoms with Crippen LogP contribution in [0.2, 0.25) is 0 Å². The molecule has 2 atom stereocenters. The number of likely N-dealkylation sites (tertiary alicyclic amines) is 1. The van der Waals surface area contributed by atoms with Crippen LogP contribution in [-0.2, 0) is 6.54 Å². The first-order chi connectivity index (χ1) is 9.11. The van der Waals surface area contributed by atoms with Crippen molar-refractivity contribution >= 4 is 0 Å². The molecule has 2 bridgehead atoms. The molecule has 1 aromatic carbocycles. The molecule has 104 valence electrons. The van der Waals surface area contributed by atoms with E-state index in [9.17, 15) is 0 Å². The molecular formula is C17H26N2. The Morgan fingerprint density at radius 1 is 1.00 bits per heavy atom. The van der Waals surface area contributed by atoms with E-state index in [2.05, 4.69) is 43.1 Å². The van der Waals surface area contributed by atoms with Gasteiger partial charge in [-0.1, -0.05) is 12.1 Å². The second kappa shape index (κ2) is 5.26. The van der Waals surface area contributed by atoms with Crippen molar-refractivity contribution in [3.63, 3.8) is 0 Å². The van der Waals surface area contributed by atoms with Gasteiger partial charge in [0.1, 0.15) is 0 Å². The summed E-state index contributed by atoms with van der Waals surface area (Å²) in [6.07, 6.45) is 4.08. The number of nitrogens with one attached hydrogen (secondary N) is 1. The molecule has 1 N–H and O–H groups in total. The van der Waals surface area contributed by atoms with Gasteiger partial charge >= 0.3 is 0 Å². The average molecular weight is 258 g/mol. The van der Waals surface area contributed by atoms with Crippen LogP contribution in [-0.4, -0.2) is 30.1 Å². The quantitative estimate of drug-likeness (QED) is 0.877. The van der Waals surface area contributed by atoms with Crippen molar-refractivity contribution in [3.8, 4) is 0 Å². The van der Waals surface area contributed by atoms with Crippen LogP contribution in [0.5, 0.6) is 0 Å². The minimum absolute atomic E-state index is 0.736. The van der Waals surface area contributed by atoms with Gasteiger partial charge < -0.3 is 5.32 Å². The Morgan fingerprint density at radius 2 is 1.74 bits per heavy atom. The minimum Gasteiger partial charge on any atom is -0.310 e. The zero-order chi connectivity index (χ0) is 13.4. The van der Waals surface area contributed by atoms with E-state index >= 15 is 0 Å². The van der Waals surface area contributed by atoms with Gasteiger partial charge in [-0.3, -0.25) is 4.90 Å². The van der Waals surface area contributed by atoms with Crippen LogP contribution < -0.4 is 5.32 Å². The van der Waals surface area contributed by atoms with E-state index in [4.69, 9.17) is 0 Å². The Morgan fingerprint density at radius 3 is 2.58 bits per heavy atom. The summed E-state index contributed by atoms with van der Waals surface area (Å²) >= 11 is 0. The molecule has 2 aliphatic heterocycles. The topological polar surface area (TPSA) is 15.3 Å². The zero-order valence-corrected chi connectivity index (χ0v) is 12.5. The molecule has 2 nitrogen and oxygen atoms in total. The second-order valence-electron chi connectivity index (χ2n) is 6.52. The summed E-state index contributed by atoms with van der Waals surface area (Å²) in [6.45, 7) is 10.3. The lowest BCUT2D eigenvalue weighted by atomic mass is 10.00. The summed E-state index contributed by atoms with van der Waals surface area (Å²) in [5.41, 5.74) is 5.80. The van der Waals surface area contributed by atoms with Gasteiger partial charge in [-0.2, -0.15) is 0 Å². The van der Waals surface area contributed by atoms with E-state index in [0.29, 0.717) is 0 Å². The predicted octanol–water partition coefficient (Wildman–Crippen LogP) is 2.94. The summed E-state index contributed by atoms with van der Waals surface area (Å²) in [7, 11) is 0. The lowest BCUT2D eigenvalue weighted by Crippen LogP contribution is -2.35. The maximum Gasteiger partial charge on any atom is 0.0237 e. The highest BCUT2D eigenvalue weighted by molar-refractivity contribution is 5.36. The molecule has 2 unspecified atom stereocenters. The molecule has 0 amide bonds. The SMILES string of the molecule is Cc1cc(C)c(CN2CCC3CCC(C2)N3)cc1C. The minimum atomic E-state index is 0.736. The van der Waals surface area contributed by atoms with Crippen LogP contribution in [0.1, 0.15) is 41.5 Å². The van der Waals surface area contributed by atoms with Crippen molar-refractivity contribution in [2.24, 2.45) is 0 Å². The fourth-order valence-corrected chi connectivity index (χ4v) is 3.59. The van der Waals surface area contributed by atoms with E-state index < -0.39 is 0 Å². The molecule has 2 saturated heterocycles. The van der Waals surface area contributed by atoms with Crippen LogP contribution in [0.3, 0.4) is 0 Å². The molecule has 1 aromatic rings. The Balaban J connectivity index is 1.72. The second-order valence-corrected chi connectivity index (χ2v) is 6.52. The van der Waals surface area contributed by atoms with Crippen LogP contribution in [0.4, 0.5) is 0 Å². The normalized spacial score (nSPS) is 27.5. The molecule has 0 aromatic heterocycles. The first-order valence-electron chi connectivity index (χ1n) is 7.67. The first kappa shape index (κ1) is 13.1. The molecule has 0 spiro atoms. The van der Waals surface area contributed by atoms with Gasteiger partial charge in [-0.15, -0.1) is 0 Å². The number of aryl methyl sites for hydroxylation is 3. The van der Waals surface area contributed by atoms with Gasteiger partial charge in [-0.25, -0.2) is 0 Å². The molecule has 0 saturated carbocycles. The highest BCUT2D eigenvalue weighted by atomic mass is 15.2. The molecule has 0 radical (unpaired) electrons. The standard InChI is InChI=1S/C17H26N2/c1-12-8-14(3)15(9-13(12)2)10-19-7-6-16-4-5-17(11-19)18-16/h8-9,16-18H,4-7,10-11H2,1-3H3. The summed E-state index contributed by atoms with van der Waals surface area (Å²) in [6, 6.07) is 6.25. The highest BCUT2D eigenvalue weighted by Gasteiger charge is 2.29. The van der Waals surface area contributed by atoms with Gasteiger partial charge in [0.15, 0.2) is 0 Å². The zero-order valence-electron chi connectivity index (χ0n) is 12.5. The Bertz CT molecular complexity index is 467. The molecule has 2 aliphatic rings. The third-order valence-corrected chi connectivity index (χ3v) is 4.95. The van der Waals surface area contributed by atoms with Crippen LogP contribution >= 0.6 is 0 Å². The highest BCUT2D eigenvalue weighted by Crippen LogP contribution is 2.23. The fourth-order valence-electron chi connectivity index (χ4n) is 3.59. The van der Waals surface area contributed by atoms with Crippen molar-refractivity contribution in [2.75, 3.05) is 13.1 Å². The average Bonchev–Trinajstić information content (AvgIpc) is 2.69. The van der Waals surface area contributed by atoms with E-state index in [1.807, 2.05) is 0 Å². The van der Waals surface area contributed by atoms with Crippen molar-refractivity contribution in [2.45, 2.75) is 58.7 Å². The number of fused-ring (bicyclic) bond motifs is 2. The van der Waals surface area contributed by atoms with E-state index in [-0.39, 0.29) is 0 Å². The van der Waals surface area contributed by atoms with Gasteiger partial charge in [0.2, 0.25) is 0 Å². The number of hydrogen-bond donors (Lipinski definition) is 1. The summed E-state index contributed by atoms with van der Waals surface area (Å²) in [5, 5.41) is 3.76. The van der Waals surface area contributed by atoms with Crippen LogP contribution in [0.15, 0.2) is 12.1 Å². The molecule has 2 heteroatoms. The van der Waals surface area contributed by atoms with E-state index in [0.717, 1.165) is 18.6 Å².